The Kier molecular flexibility index (Phi) is 6.25. The van der Waals surface area contributed by atoms with Gasteiger partial charge in [-0.25, -0.2) is 9.78 Å². The minimum absolute atomic E-state index is 0.161. The van der Waals surface area contributed by atoms with Crippen molar-refractivity contribution in [3.8, 4) is 16.9 Å². The number of fused-ring (bicyclic) bond motifs is 1. The molecule has 0 radical (unpaired) electrons. The lowest BCUT2D eigenvalue weighted by Crippen LogP contribution is -2.05. The molecule has 0 bridgehead atoms. The van der Waals surface area contributed by atoms with Crippen molar-refractivity contribution in [1.29, 1.82) is 0 Å². The van der Waals surface area contributed by atoms with E-state index >= 15 is 0 Å². The molecule has 0 saturated heterocycles. The van der Waals surface area contributed by atoms with Crippen LogP contribution >= 0.6 is 11.6 Å². The molecule has 1 heterocycles. The van der Waals surface area contributed by atoms with Crippen molar-refractivity contribution in [3.63, 3.8) is 0 Å². The normalized spacial score (nSPS) is 11.0. The zero-order valence-corrected chi connectivity index (χ0v) is 19.9. The van der Waals surface area contributed by atoms with Crippen molar-refractivity contribution in [2.24, 2.45) is 0 Å². The van der Waals surface area contributed by atoms with Crippen LogP contribution in [0.15, 0.2) is 91.0 Å². The summed E-state index contributed by atoms with van der Waals surface area (Å²) in [4.78, 5) is 16.2. The number of nitrogens with zero attached hydrogens (tertiary/aromatic N) is 2. The maximum atomic E-state index is 11.5. The lowest BCUT2D eigenvalue weighted by Gasteiger charge is -2.12. The first-order chi connectivity index (χ1) is 17.0. The van der Waals surface area contributed by atoms with E-state index in [4.69, 9.17) is 16.3 Å². The molecule has 174 valence electrons. The lowest BCUT2D eigenvalue weighted by atomic mass is 10.0. The Bertz CT molecular complexity index is 1530. The molecule has 1 aromatic heterocycles. The van der Waals surface area contributed by atoms with Gasteiger partial charge < -0.3 is 14.4 Å². The van der Waals surface area contributed by atoms with Crippen molar-refractivity contribution in [2.75, 3.05) is 0 Å². The van der Waals surface area contributed by atoms with Crippen LogP contribution in [-0.2, 0) is 13.2 Å². The molecule has 4 aromatic carbocycles. The van der Waals surface area contributed by atoms with Gasteiger partial charge in [0.1, 0.15) is 18.2 Å². The number of aryl methyl sites for hydroxylation is 1. The van der Waals surface area contributed by atoms with E-state index in [2.05, 4.69) is 33.8 Å². The highest BCUT2D eigenvalue weighted by atomic mass is 35.5. The topological polar surface area (TPSA) is 64.3 Å². The molecule has 5 aromatic rings. The van der Waals surface area contributed by atoms with Crippen LogP contribution < -0.4 is 4.74 Å². The second kappa shape index (κ2) is 9.65. The maximum Gasteiger partial charge on any atom is 0.336 e. The number of halogens is 1. The average Bonchev–Trinajstić information content (AvgIpc) is 3.18. The van der Waals surface area contributed by atoms with Gasteiger partial charge in [0.05, 0.1) is 23.1 Å². The van der Waals surface area contributed by atoms with Gasteiger partial charge in [0.25, 0.3) is 0 Å². The molecular formula is C29H23ClN2O3. The second-order valence-electron chi connectivity index (χ2n) is 8.32. The monoisotopic (exact) mass is 482 g/mol. The van der Waals surface area contributed by atoms with E-state index in [1.165, 1.54) is 0 Å². The van der Waals surface area contributed by atoms with E-state index in [1.54, 1.807) is 24.3 Å². The summed E-state index contributed by atoms with van der Waals surface area (Å²) in [5.41, 5.74) is 5.83. The predicted octanol–water partition coefficient (Wildman–Crippen LogP) is 6.99. The third-order valence-electron chi connectivity index (χ3n) is 6.04. The molecule has 35 heavy (non-hydrogen) atoms. The zero-order chi connectivity index (χ0) is 24.4. The fraction of sp³-hybridized carbons (Fsp3) is 0.103. The van der Waals surface area contributed by atoms with E-state index in [-0.39, 0.29) is 12.2 Å². The van der Waals surface area contributed by atoms with Crippen LogP contribution in [0.2, 0.25) is 5.02 Å². The molecule has 0 saturated carbocycles. The standard InChI is InChI=1S/C29H23ClN2O3/c1-19-31-27-14-13-24(35-18-23-9-5-6-10-25(23)29(33)34)16-28(27)32(19)17-22-12-11-21(15-26(22)30)20-7-3-2-4-8-20/h2-16H,17-18H2,1H3,(H,33,34). The number of imidazole rings is 1. The van der Waals surface area contributed by atoms with E-state index in [0.29, 0.717) is 22.9 Å². The third-order valence-corrected chi connectivity index (χ3v) is 6.39. The van der Waals surface area contributed by atoms with Crippen molar-refractivity contribution in [2.45, 2.75) is 20.1 Å². The predicted molar refractivity (Wildman–Crippen MR) is 138 cm³/mol. The number of ether oxygens (including phenoxy) is 1. The number of hydrogen-bond donors (Lipinski definition) is 1. The lowest BCUT2D eigenvalue weighted by molar-refractivity contribution is 0.0694. The van der Waals surface area contributed by atoms with Crippen molar-refractivity contribution < 1.29 is 14.6 Å². The molecule has 0 fully saturated rings. The third kappa shape index (κ3) is 4.77. The molecule has 0 aliphatic rings. The van der Waals surface area contributed by atoms with E-state index in [9.17, 15) is 9.90 Å². The summed E-state index contributed by atoms with van der Waals surface area (Å²) in [6.07, 6.45) is 0. The first kappa shape index (κ1) is 22.7. The largest absolute Gasteiger partial charge is 0.489 e. The number of aromatic carboxylic acids is 1. The fourth-order valence-electron chi connectivity index (χ4n) is 4.18. The van der Waals surface area contributed by atoms with Crippen LogP contribution in [0, 0.1) is 6.92 Å². The first-order valence-corrected chi connectivity index (χ1v) is 11.6. The molecule has 5 nitrogen and oxygen atoms in total. The van der Waals surface area contributed by atoms with Crippen LogP contribution in [0.25, 0.3) is 22.2 Å². The molecule has 6 heteroatoms. The summed E-state index contributed by atoms with van der Waals surface area (Å²) in [5.74, 6) is 0.546. The van der Waals surface area contributed by atoms with Gasteiger partial charge in [-0.15, -0.1) is 0 Å². The van der Waals surface area contributed by atoms with Gasteiger partial charge in [0, 0.05) is 16.7 Å². The summed E-state index contributed by atoms with van der Waals surface area (Å²) in [6, 6.07) is 28.8. The Hall–Kier alpha value is -4.09. The molecule has 5 rings (SSSR count). The Morgan fingerprint density at radius 2 is 1.69 bits per heavy atom. The second-order valence-corrected chi connectivity index (χ2v) is 8.73. The SMILES string of the molecule is Cc1nc2ccc(OCc3ccccc3C(=O)O)cc2n1Cc1ccc(-c2ccccc2)cc1Cl. The van der Waals surface area contributed by atoms with Crippen molar-refractivity contribution in [1.82, 2.24) is 9.55 Å². The highest BCUT2D eigenvalue weighted by molar-refractivity contribution is 6.31. The van der Waals surface area contributed by atoms with Gasteiger partial charge in [0.2, 0.25) is 0 Å². The Morgan fingerprint density at radius 1 is 0.914 bits per heavy atom. The van der Waals surface area contributed by atoms with Gasteiger partial charge in [-0.1, -0.05) is 72.3 Å². The number of carboxylic acids is 1. The Balaban J connectivity index is 1.41. The van der Waals surface area contributed by atoms with Crippen LogP contribution in [0.4, 0.5) is 0 Å². The van der Waals surface area contributed by atoms with E-state index in [0.717, 1.165) is 33.5 Å². The summed E-state index contributed by atoms with van der Waals surface area (Å²) in [5, 5.41) is 10.1. The summed E-state index contributed by atoms with van der Waals surface area (Å²) < 4.78 is 8.07. The van der Waals surface area contributed by atoms with Gasteiger partial charge in [-0.05, 0) is 47.9 Å². The number of hydrogen-bond acceptors (Lipinski definition) is 3. The quantitative estimate of drug-likeness (QED) is 0.271. The van der Waals surface area contributed by atoms with Gasteiger partial charge in [0.15, 0.2) is 0 Å². The molecule has 0 aliphatic carbocycles. The highest BCUT2D eigenvalue weighted by Crippen LogP contribution is 2.29. The first-order valence-electron chi connectivity index (χ1n) is 11.2. The van der Waals surface area contributed by atoms with Crippen molar-refractivity contribution >= 4 is 28.6 Å². The smallest absolute Gasteiger partial charge is 0.336 e. The van der Waals surface area contributed by atoms with Crippen molar-refractivity contribution in [3.05, 3.63) is 119 Å². The van der Waals surface area contributed by atoms with Crippen LogP contribution in [-0.4, -0.2) is 20.6 Å². The van der Waals surface area contributed by atoms with Gasteiger partial charge >= 0.3 is 5.97 Å². The molecule has 0 unspecified atom stereocenters. The zero-order valence-electron chi connectivity index (χ0n) is 19.1. The molecule has 0 amide bonds. The Labute approximate surface area is 208 Å². The van der Waals surface area contributed by atoms with Crippen LogP contribution in [0.5, 0.6) is 5.75 Å². The molecule has 1 N–H and O–H groups in total. The molecule has 0 spiro atoms. The number of aromatic nitrogens is 2. The Morgan fingerprint density at radius 3 is 2.46 bits per heavy atom. The average molecular weight is 483 g/mol. The number of benzene rings is 4. The minimum Gasteiger partial charge on any atom is -0.489 e. The van der Waals surface area contributed by atoms with Crippen LogP contribution in [0.3, 0.4) is 0 Å². The highest BCUT2D eigenvalue weighted by Gasteiger charge is 2.13. The summed E-state index contributed by atoms with van der Waals surface area (Å²) in [6.45, 7) is 2.70. The number of carbonyl (C=O) groups is 1. The number of rotatable bonds is 7. The fourth-order valence-corrected chi connectivity index (χ4v) is 4.42. The maximum absolute atomic E-state index is 11.5. The van der Waals surface area contributed by atoms with Gasteiger partial charge in [-0.3, -0.25) is 0 Å². The minimum atomic E-state index is -0.969. The van der Waals surface area contributed by atoms with E-state index in [1.807, 2.05) is 49.4 Å². The van der Waals surface area contributed by atoms with Crippen LogP contribution in [0.1, 0.15) is 27.3 Å². The summed E-state index contributed by atoms with van der Waals surface area (Å²) in [7, 11) is 0. The molecule has 0 aliphatic heterocycles. The number of carboxylic acid groups (broad SMARTS) is 1. The van der Waals surface area contributed by atoms with Gasteiger partial charge in [-0.2, -0.15) is 0 Å². The molecular weight excluding hydrogens is 460 g/mol. The molecule has 0 atom stereocenters. The summed E-state index contributed by atoms with van der Waals surface area (Å²) >= 11 is 6.68. The van der Waals surface area contributed by atoms with E-state index < -0.39 is 5.97 Å².